The van der Waals surface area contributed by atoms with E-state index in [2.05, 4.69) is 0 Å². The monoisotopic (exact) mass is 130 g/mol. The molecule has 0 atom stereocenters. The van der Waals surface area contributed by atoms with Gasteiger partial charge < -0.3 is 0 Å². The highest BCUT2D eigenvalue weighted by Gasteiger charge is 1.95. The molecule has 0 bridgehead atoms. The quantitative estimate of drug-likeness (QED) is 0.465. The molecule has 1 fully saturated rings. The summed E-state index contributed by atoms with van der Waals surface area (Å²) < 4.78 is 0. The molecule has 0 spiro atoms. The van der Waals surface area contributed by atoms with E-state index in [-0.39, 0.29) is 0 Å². The van der Waals surface area contributed by atoms with Gasteiger partial charge in [0.15, 0.2) is 0 Å². The zero-order valence-corrected chi connectivity index (χ0v) is 7.54. The Hall–Kier alpha value is 0. The molecule has 0 heteroatoms. The van der Waals surface area contributed by atoms with Crippen molar-refractivity contribution in [2.24, 2.45) is 0 Å². The van der Waals surface area contributed by atoms with Crippen LogP contribution in [-0.4, -0.2) is 0 Å². The Morgan fingerprint density at radius 1 is 0.444 bits per heavy atom. The minimum absolute atomic E-state index is 1.50. The lowest BCUT2D eigenvalue weighted by molar-refractivity contribution is 0.886. The number of hydrogen-bond acceptors (Lipinski definition) is 0. The maximum Gasteiger partial charge on any atom is -0.0533 e. The van der Waals surface area contributed by atoms with Crippen molar-refractivity contribution in [1.82, 2.24) is 0 Å². The van der Waals surface area contributed by atoms with Crippen molar-refractivity contribution in [1.29, 1.82) is 0 Å². The maximum absolute atomic E-state index is 2.00. The third-order valence-corrected chi connectivity index (χ3v) is 1.25. The lowest BCUT2D eigenvalue weighted by atomic mass is 10.4. The van der Waals surface area contributed by atoms with Crippen LogP contribution in [-0.2, 0) is 0 Å². The van der Waals surface area contributed by atoms with Gasteiger partial charge in [-0.05, 0) is 0 Å². The van der Waals surface area contributed by atoms with E-state index in [1.165, 1.54) is 32.1 Å². The summed E-state index contributed by atoms with van der Waals surface area (Å²) in [7, 11) is 0. The second-order valence-corrected chi connectivity index (χ2v) is 1.77. The third kappa shape index (κ3) is 11.5. The fourth-order valence-electron chi connectivity index (χ4n) is 0.884. The van der Waals surface area contributed by atoms with E-state index < -0.39 is 0 Å². The minimum Gasteiger partial charge on any atom is -0.0683 e. The summed E-state index contributed by atoms with van der Waals surface area (Å²) in [5.74, 6) is 0. The first-order valence-electron chi connectivity index (χ1n) is 4.50. The predicted octanol–water partition coefficient (Wildman–Crippen LogP) is 4.00. The first-order valence-corrected chi connectivity index (χ1v) is 4.50. The van der Waals surface area contributed by atoms with Gasteiger partial charge in [0.2, 0.25) is 0 Å². The van der Waals surface area contributed by atoms with E-state index in [0.29, 0.717) is 0 Å². The van der Waals surface area contributed by atoms with Crippen molar-refractivity contribution in [3.63, 3.8) is 0 Å². The lowest BCUT2D eigenvalue weighted by Gasteiger charge is -1.67. The second-order valence-electron chi connectivity index (χ2n) is 1.77. The molecule has 0 amide bonds. The van der Waals surface area contributed by atoms with Crippen molar-refractivity contribution in [3.8, 4) is 0 Å². The molecule has 0 aromatic heterocycles. The van der Waals surface area contributed by atoms with Crippen LogP contribution in [0.1, 0.15) is 59.8 Å². The van der Waals surface area contributed by atoms with E-state index >= 15 is 0 Å². The van der Waals surface area contributed by atoms with Gasteiger partial charge in [0.1, 0.15) is 0 Å². The average molecular weight is 130 g/mol. The van der Waals surface area contributed by atoms with Gasteiger partial charge in [0, 0.05) is 0 Å². The van der Waals surface area contributed by atoms with Crippen LogP contribution in [0.2, 0.25) is 0 Å². The van der Waals surface area contributed by atoms with Crippen LogP contribution >= 0.6 is 0 Å². The zero-order chi connectivity index (χ0) is 7.54. The van der Waals surface area contributed by atoms with Crippen molar-refractivity contribution in [3.05, 3.63) is 0 Å². The lowest BCUT2D eigenvalue weighted by Crippen LogP contribution is -1.47. The highest BCUT2D eigenvalue weighted by Crippen LogP contribution is 2.15. The molecular formula is C9H22. The van der Waals surface area contributed by atoms with Crippen LogP contribution in [0, 0.1) is 0 Å². The molecule has 1 aliphatic carbocycles. The SMILES string of the molecule is C1CCCC1.CC.CC. The van der Waals surface area contributed by atoms with Gasteiger partial charge in [-0.2, -0.15) is 0 Å². The van der Waals surface area contributed by atoms with E-state index in [1.54, 1.807) is 0 Å². The van der Waals surface area contributed by atoms with Gasteiger partial charge in [0.25, 0.3) is 0 Å². The third-order valence-electron chi connectivity index (χ3n) is 1.25. The van der Waals surface area contributed by atoms with Gasteiger partial charge in [-0.25, -0.2) is 0 Å². The standard InChI is InChI=1S/C5H10.2C2H6/c1-2-4-5-3-1;2*1-2/h1-5H2;2*1-2H3. The fraction of sp³-hybridized carbons (Fsp3) is 1.00. The van der Waals surface area contributed by atoms with Crippen LogP contribution in [0.3, 0.4) is 0 Å². The molecule has 1 aliphatic rings. The first kappa shape index (κ1) is 11.8. The molecule has 0 aliphatic heterocycles. The molecule has 0 unspecified atom stereocenters. The normalized spacial score (nSPS) is 14.7. The van der Waals surface area contributed by atoms with Gasteiger partial charge >= 0.3 is 0 Å². The van der Waals surface area contributed by atoms with E-state index in [9.17, 15) is 0 Å². The Kier molecular flexibility index (Phi) is 20.5. The van der Waals surface area contributed by atoms with E-state index in [1.807, 2.05) is 27.7 Å². The predicted molar refractivity (Wildman–Crippen MR) is 45.8 cm³/mol. The summed E-state index contributed by atoms with van der Waals surface area (Å²) in [6.07, 6.45) is 7.50. The summed E-state index contributed by atoms with van der Waals surface area (Å²) in [6, 6.07) is 0. The number of hydrogen-bond donors (Lipinski definition) is 0. The van der Waals surface area contributed by atoms with Crippen LogP contribution in [0.5, 0.6) is 0 Å². The van der Waals surface area contributed by atoms with Crippen LogP contribution < -0.4 is 0 Å². The molecule has 1 saturated carbocycles. The summed E-state index contributed by atoms with van der Waals surface area (Å²) >= 11 is 0. The Morgan fingerprint density at radius 2 is 0.556 bits per heavy atom. The highest BCUT2D eigenvalue weighted by atomic mass is 14.0. The summed E-state index contributed by atoms with van der Waals surface area (Å²) in [5.41, 5.74) is 0. The molecule has 0 nitrogen and oxygen atoms in total. The second kappa shape index (κ2) is 15.7. The van der Waals surface area contributed by atoms with Crippen molar-refractivity contribution < 1.29 is 0 Å². The largest absolute Gasteiger partial charge is 0.0683 e. The van der Waals surface area contributed by atoms with Gasteiger partial charge in [0.05, 0.1) is 0 Å². The topological polar surface area (TPSA) is 0 Å². The Labute approximate surface area is 60.7 Å². The number of rotatable bonds is 0. The Morgan fingerprint density at radius 3 is 0.667 bits per heavy atom. The molecule has 1 rings (SSSR count). The van der Waals surface area contributed by atoms with Crippen molar-refractivity contribution in [2.45, 2.75) is 59.8 Å². The molecule has 0 aromatic carbocycles. The molecular weight excluding hydrogens is 108 g/mol. The smallest absolute Gasteiger partial charge is 0.0533 e. The fourth-order valence-corrected chi connectivity index (χ4v) is 0.884. The molecule has 0 aromatic rings. The van der Waals surface area contributed by atoms with Crippen molar-refractivity contribution >= 4 is 0 Å². The van der Waals surface area contributed by atoms with Crippen molar-refractivity contribution in [2.75, 3.05) is 0 Å². The van der Waals surface area contributed by atoms with Gasteiger partial charge in [-0.3, -0.25) is 0 Å². The van der Waals surface area contributed by atoms with Gasteiger partial charge in [-0.1, -0.05) is 59.8 Å². The summed E-state index contributed by atoms with van der Waals surface area (Å²) in [6.45, 7) is 8.00. The van der Waals surface area contributed by atoms with E-state index in [4.69, 9.17) is 0 Å². The Bertz CT molecular complexity index is 11.6. The molecule has 0 N–H and O–H groups in total. The zero-order valence-electron chi connectivity index (χ0n) is 7.54. The summed E-state index contributed by atoms with van der Waals surface area (Å²) in [5, 5.41) is 0. The molecule has 9 heavy (non-hydrogen) atoms. The minimum atomic E-state index is 1.50. The van der Waals surface area contributed by atoms with Crippen LogP contribution in [0.4, 0.5) is 0 Å². The summed E-state index contributed by atoms with van der Waals surface area (Å²) in [4.78, 5) is 0. The maximum atomic E-state index is 2.00. The van der Waals surface area contributed by atoms with E-state index in [0.717, 1.165) is 0 Å². The molecule has 0 saturated heterocycles. The molecule has 58 valence electrons. The van der Waals surface area contributed by atoms with Crippen LogP contribution in [0.25, 0.3) is 0 Å². The first-order chi connectivity index (χ1) is 4.50. The van der Waals surface area contributed by atoms with Gasteiger partial charge in [-0.15, -0.1) is 0 Å². The molecule has 0 radical (unpaired) electrons. The highest BCUT2D eigenvalue weighted by molar-refractivity contribution is 4.51. The average Bonchev–Trinajstić information content (AvgIpc) is 2.51. The Balaban J connectivity index is 0. The van der Waals surface area contributed by atoms with Crippen LogP contribution in [0.15, 0.2) is 0 Å². The molecule has 0 heterocycles.